The first-order valence-electron chi connectivity index (χ1n) is 16.3. The summed E-state index contributed by atoms with van der Waals surface area (Å²) in [7, 11) is -4.72. The summed E-state index contributed by atoms with van der Waals surface area (Å²) >= 11 is 2.03. The number of nitrogens with zero attached hydrogens (tertiary/aromatic N) is 2. The molecule has 264 valence electrons. The van der Waals surface area contributed by atoms with Crippen LogP contribution in [0.2, 0.25) is 36.3 Å². The van der Waals surface area contributed by atoms with Gasteiger partial charge in [-0.15, -0.1) is 0 Å². The minimum Gasteiger partial charge on any atom is -0.414 e. The number of nitro benzene ring substituents is 1. The van der Waals surface area contributed by atoms with E-state index in [1.54, 1.807) is 12.1 Å². The Morgan fingerprint density at radius 1 is 1.17 bits per heavy atom. The summed E-state index contributed by atoms with van der Waals surface area (Å²) < 4.78 is 21.4. The van der Waals surface area contributed by atoms with Crippen molar-refractivity contribution in [3.8, 4) is 0 Å². The van der Waals surface area contributed by atoms with E-state index in [0.717, 1.165) is 3.57 Å². The summed E-state index contributed by atoms with van der Waals surface area (Å²) in [6, 6.07) is 5.00. The molecule has 11 nitrogen and oxygen atoms in total. The van der Waals surface area contributed by atoms with Crippen LogP contribution >= 0.6 is 22.6 Å². The molecule has 0 bridgehead atoms. The average Bonchev–Trinajstić information content (AvgIpc) is 3.29. The van der Waals surface area contributed by atoms with E-state index in [1.807, 2.05) is 36.4 Å². The van der Waals surface area contributed by atoms with Crippen molar-refractivity contribution < 1.29 is 23.9 Å². The molecule has 3 rings (SSSR count). The summed E-state index contributed by atoms with van der Waals surface area (Å²) in [5.74, 6) is -0.0989. The molecule has 1 unspecified atom stereocenters. The normalized spacial score (nSPS) is 22.3. The van der Waals surface area contributed by atoms with Crippen molar-refractivity contribution in [2.24, 2.45) is 5.92 Å². The molecule has 2 heterocycles. The van der Waals surface area contributed by atoms with Crippen LogP contribution in [0.25, 0.3) is 0 Å². The number of aliphatic hydroxyl groups is 1. The minimum atomic E-state index is -2.52. The molecular weight excluding hydrogens is 749 g/mol. The maximum Gasteiger partial charge on any atom is 0.330 e. The van der Waals surface area contributed by atoms with Gasteiger partial charge in [0.2, 0.25) is 0 Å². The zero-order valence-electron chi connectivity index (χ0n) is 30.0. The Morgan fingerprint density at radius 3 is 2.32 bits per heavy atom. The molecule has 1 aliphatic heterocycles. The summed E-state index contributed by atoms with van der Waals surface area (Å²) in [4.78, 5) is 40.2. The molecule has 1 fully saturated rings. The average molecular weight is 804 g/mol. The van der Waals surface area contributed by atoms with Gasteiger partial charge in [-0.05, 0) is 63.8 Å². The largest absolute Gasteiger partial charge is 0.414 e. The fraction of sp³-hybridized carbons (Fsp3) is 0.697. The van der Waals surface area contributed by atoms with Gasteiger partial charge in [-0.1, -0.05) is 74.9 Å². The smallest absolute Gasteiger partial charge is 0.330 e. The Kier molecular flexibility index (Phi) is 12.1. The highest BCUT2D eigenvalue weighted by Crippen LogP contribution is 2.52. The number of ether oxygens (including phenoxy) is 2. The van der Waals surface area contributed by atoms with E-state index < -0.39 is 56.2 Å². The Balaban J connectivity index is 2.01. The van der Waals surface area contributed by atoms with Crippen LogP contribution in [0.4, 0.5) is 5.69 Å². The number of benzene rings is 1. The third-order valence-electron chi connectivity index (χ3n) is 11.1. The molecule has 2 N–H and O–H groups in total. The van der Waals surface area contributed by atoms with E-state index >= 15 is 0 Å². The van der Waals surface area contributed by atoms with Gasteiger partial charge in [0.25, 0.3) is 11.2 Å². The monoisotopic (exact) mass is 803 g/mol. The molecule has 14 heteroatoms. The second-order valence-corrected chi connectivity index (χ2v) is 27.7. The van der Waals surface area contributed by atoms with Gasteiger partial charge in [0.05, 0.1) is 48.7 Å². The van der Waals surface area contributed by atoms with E-state index in [0.29, 0.717) is 12.0 Å². The standard InChI is InChI=1S/C33H54IN3O8Si2/c1-13-21(2)28(24-15-14-23(34)16-25(24)37(41)42)43-19-22-18-36(30(39)35-29(22)38)27-17-33(40,46(9,10)31(3,4)5)26(45-27)20-44-47(11,12)32(6,7)8/h14-16,18,21,26-28,40H,13,17,19-20H2,1-12H3,(H,35,38,39)/t21?,26-,27-,28-,33-/m1/s1. The maximum absolute atomic E-state index is 13.3. The van der Waals surface area contributed by atoms with E-state index in [1.165, 1.54) is 16.8 Å². The van der Waals surface area contributed by atoms with Crippen LogP contribution in [0.5, 0.6) is 0 Å². The lowest BCUT2D eigenvalue weighted by atomic mass is 9.94. The summed E-state index contributed by atoms with van der Waals surface area (Å²) in [5.41, 5.74) is -0.707. The lowest BCUT2D eigenvalue weighted by Gasteiger charge is -2.49. The topological polar surface area (TPSA) is 146 Å². The van der Waals surface area contributed by atoms with Crippen molar-refractivity contribution >= 4 is 44.7 Å². The third kappa shape index (κ3) is 8.20. The molecular formula is C33H54IN3O8Si2. The van der Waals surface area contributed by atoms with Gasteiger partial charge >= 0.3 is 5.69 Å². The molecule has 1 saturated heterocycles. The molecule has 0 radical (unpaired) electrons. The molecule has 0 spiro atoms. The van der Waals surface area contributed by atoms with Gasteiger partial charge < -0.3 is 19.0 Å². The minimum absolute atomic E-state index is 0.0450. The van der Waals surface area contributed by atoms with Crippen molar-refractivity contribution in [1.82, 2.24) is 9.55 Å². The molecule has 0 aliphatic carbocycles. The van der Waals surface area contributed by atoms with Crippen LogP contribution in [-0.4, -0.2) is 53.9 Å². The van der Waals surface area contributed by atoms with Crippen molar-refractivity contribution in [3.05, 3.63) is 70.0 Å². The number of nitrogens with one attached hydrogen (secondary N) is 1. The summed E-state index contributed by atoms with van der Waals surface area (Å²) in [6.45, 7) is 25.4. The van der Waals surface area contributed by atoms with E-state index in [4.69, 9.17) is 13.9 Å². The predicted octanol–water partition coefficient (Wildman–Crippen LogP) is 7.44. The number of halogens is 1. The Labute approximate surface area is 294 Å². The highest BCUT2D eigenvalue weighted by molar-refractivity contribution is 14.1. The van der Waals surface area contributed by atoms with Crippen LogP contribution in [0.3, 0.4) is 0 Å². The van der Waals surface area contributed by atoms with Gasteiger partial charge in [0.15, 0.2) is 8.32 Å². The van der Waals surface area contributed by atoms with Crippen molar-refractivity contribution in [1.29, 1.82) is 0 Å². The highest BCUT2D eigenvalue weighted by atomic mass is 127. The van der Waals surface area contributed by atoms with Crippen molar-refractivity contribution in [3.63, 3.8) is 0 Å². The second-order valence-electron chi connectivity index (χ2n) is 16.1. The molecule has 47 heavy (non-hydrogen) atoms. The Hall–Kier alpha value is -1.70. The van der Waals surface area contributed by atoms with Crippen LogP contribution in [0.1, 0.15) is 91.7 Å². The summed E-state index contributed by atoms with van der Waals surface area (Å²) in [6.07, 6.45) is 0.0752. The Morgan fingerprint density at radius 2 is 1.79 bits per heavy atom. The first kappa shape index (κ1) is 39.7. The number of aromatic amines is 1. The van der Waals surface area contributed by atoms with Crippen molar-refractivity contribution in [2.45, 2.75) is 135 Å². The van der Waals surface area contributed by atoms with Crippen molar-refractivity contribution in [2.75, 3.05) is 6.61 Å². The zero-order chi connectivity index (χ0) is 35.9. The zero-order valence-corrected chi connectivity index (χ0v) is 34.2. The van der Waals surface area contributed by atoms with Crippen LogP contribution in [0.15, 0.2) is 34.0 Å². The molecule has 5 atom stereocenters. The molecule has 2 aromatic rings. The number of nitro groups is 1. The lowest BCUT2D eigenvalue weighted by Crippen LogP contribution is -2.65. The molecule has 1 aromatic carbocycles. The van der Waals surface area contributed by atoms with Gasteiger partial charge in [0.1, 0.15) is 12.3 Å². The number of aromatic nitrogens is 2. The fourth-order valence-corrected chi connectivity index (χ4v) is 10.0. The first-order valence-corrected chi connectivity index (χ1v) is 23.3. The predicted molar refractivity (Wildman–Crippen MR) is 198 cm³/mol. The number of H-pyrrole nitrogens is 1. The van der Waals surface area contributed by atoms with E-state index in [9.17, 15) is 24.8 Å². The number of hydrogen-bond donors (Lipinski definition) is 2. The van der Waals surface area contributed by atoms with Crippen LogP contribution in [0, 0.1) is 19.6 Å². The molecule has 1 aliphatic rings. The molecule has 0 saturated carbocycles. The van der Waals surface area contributed by atoms with Gasteiger partial charge in [-0.3, -0.25) is 24.5 Å². The van der Waals surface area contributed by atoms with E-state index in [-0.39, 0.29) is 46.9 Å². The van der Waals surface area contributed by atoms with Crippen LogP contribution < -0.4 is 11.2 Å². The first-order chi connectivity index (χ1) is 21.4. The van der Waals surface area contributed by atoms with Gasteiger partial charge in [-0.25, -0.2) is 4.79 Å². The van der Waals surface area contributed by atoms with E-state index in [2.05, 4.69) is 72.7 Å². The van der Waals surface area contributed by atoms with Crippen LogP contribution in [-0.2, 0) is 20.5 Å². The summed E-state index contributed by atoms with van der Waals surface area (Å²) in [5, 5.41) is 23.0. The SMILES string of the molecule is CCC(C)[C@@H](OCc1cn([C@H]2C[C@@](O)([Si](C)(C)C(C)(C)C)[C@@H](CO[Si](C)(C)C(C)(C)C)O2)c(=O)[nH]c1=O)c1ccc(I)cc1[N+](=O)[O-]. The van der Waals surface area contributed by atoms with Gasteiger partial charge in [-0.2, -0.15) is 0 Å². The number of hydrogen-bond acceptors (Lipinski definition) is 8. The number of rotatable bonds is 12. The molecule has 0 amide bonds. The quantitative estimate of drug-likeness (QED) is 0.0975. The third-order valence-corrected chi connectivity index (χ3v) is 22.7. The fourth-order valence-electron chi connectivity index (χ4n) is 5.61. The highest BCUT2D eigenvalue weighted by Gasteiger charge is 2.62. The van der Waals surface area contributed by atoms with Gasteiger partial charge in [0, 0.05) is 22.3 Å². The Bertz CT molecular complexity index is 1560. The molecule has 1 aromatic heterocycles. The second kappa shape index (κ2) is 14.3. The lowest BCUT2D eigenvalue weighted by molar-refractivity contribution is -0.386. The maximum atomic E-state index is 13.3.